The topological polar surface area (TPSA) is 76.5 Å². The molecule has 1 unspecified atom stereocenters. The molecule has 1 fully saturated rings. The molecule has 2 aromatic rings. The fourth-order valence-electron chi connectivity index (χ4n) is 3.63. The molecule has 4 rings (SSSR count). The van der Waals surface area contributed by atoms with E-state index >= 15 is 0 Å². The number of carbonyl (C=O) groups excluding carboxylic acids is 2. The molecule has 1 saturated heterocycles. The van der Waals surface area contributed by atoms with E-state index in [0.717, 1.165) is 24.2 Å². The van der Waals surface area contributed by atoms with Crippen LogP contribution in [0.4, 0.5) is 0 Å². The molecule has 1 N–H and O–H groups in total. The third-order valence-corrected chi connectivity index (χ3v) is 4.77. The molecule has 7 nitrogen and oxygen atoms in total. The summed E-state index contributed by atoms with van der Waals surface area (Å²) >= 11 is 0. The maximum atomic E-state index is 13.0. The highest BCUT2D eigenvalue weighted by Gasteiger charge is 2.39. The predicted molar refractivity (Wildman–Crippen MR) is 86.5 cm³/mol. The van der Waals surface area contributed by atoms with Crippen molar-refractivity contribution in [2.45, 2.75) is 18.9 Å². The van der Waals surface area contributed by atoms with E-state index in [1.54, 1.807) is 26.6 Å². The normalized spacial score (nSPS) is 18.5. The molecule has 0 spiro atoms. The number of aromatic nitrogens is 2. The number of methoxy groups -OCH3 is 1. The lowest BCUT2D eigenvalue weighted by atomic mass is 10.1. The van der Waals surface area contributed by atoms with Gasteiger partial charge in [-0.25, -0.2) is 4.98 Å². The SMILES string of the molecule is CNC(=O)c1ncn2c1C1CCCN1C(=O)c1cc(OC)ccc1-2. The lowest BCUT2D eigenvalue weighted by Crippen LogP contribution is -2.31. The van der Waals surface area contributed by atoms with Gasteiger partial charge in [-0.1, -0.05) is 0 Å². The van der Waals surface area contributed by atoms with Crippen molar-refractivity contribution < 1.29 is 14.3 Å². The van der Waals surface area contributed by atoms with Gasteiger partial charge in [0.2, 0.25) is 0 Å². The van der Waals surface area contributed by atoms with Gasteiger partial charge >= 0.3 is 0 Å². The van der Waals surface area contributed by atoms with Crippen molar-refractivity contribution in [1.82, 2.24) is 19.8 Å². The average Bonchev–Trinajstić information content (AvgIpc) is 3.24. The van der Waals surface area contributed by atoms with E-state index in [2.05, 4.69) is 10.3 Å². The molecule has 0 saturated carbocycles. The Kier molecular flexibility index (Phi) is 3.30. The monoisotopic (exact) mass is 326 g/mol. The van der Waals surface area contributed by atoms with Crippen molar-refractivity contribution >= 4 is 11.8 Å². The minimum Gasteiger partial charge on any atom is -0.497 e. The molecule has 0 radical (unpaired) electrons. The van der Waals surface area contributed by atoms with Gasteiger partial charge in [0, 0.05) is 13.6 Å². The maximum absolute atomic E-state index is 13.0. The second-order valence-electron chi connectivity index (χ2n) is 5.97. The standard InChI is InChI=1S/C17H18N4O3/c1-18-16(22)14-15-13-4-3-7-20(13)17(23)11-8-10(24-2)5-6-12(11)21(15)9-19-14/h5-6,8-9,13H,3-4,7H2,1-2H3,(H,18,22). The van der Waals surface area contributed by atoms with Crippen LogP contribution in [0.3, 0.4) is 0 Å². The summed E-state index contributed by atoms with van der Waals surface area (Å²) in [5.74, 6) is 0.367. The Labute approximate surface area is 139 Å². The van der Waals surface area contributed by atoms with Crippen LogP contribution in [0.5, 0.6) is 5.75 Å². The first-order valence-corrected chi connectivity index (χ1v) is 7.94. The van der Waals surface area contributed by atoms with Gasteiger partial charge in [0.1, 0.15) is 12.1 Å². The minimum absolute atomic E-state index is 0.0297. The molecule has 1 aromatic heterocycles. The molecule has 7 heteroatoms. The summed E-state index contributed by atoms with van der Waals surface area (Å²) in [5, 5.41) is 2.63. The van der Waals surface area contributed by atoms with Crippen molar-refractivity contribution in [3.8, 4) is 11.4 Å². The van der Waals surface area contributed by atoms with Gasteiger partial charge in [0.25, 0.3) is 11.8 Å². The number of amides is 2. The second kappa shape index (κ2) is 5.36. The highest BCUT2D eigenvalue weighted by Crippen LogP contribution is 2.40. The summed E-state index contributed by atoms with van der Waals surface area (Å²) in [7, 11) is 3.16. The smallest absolute Gasteiger partial charge is 0.271 e. The van der Waals surface area contributed by atoms with Gasteiger partial charge in [-0.2, -0.15) is 0 Å². The Morgan fingerprint density at radius 3 is 3.00 bits per heavy atom. The Morgan fingerprint density at radius 2 is 2.25 bits per heavy atom. The molecule has 24 heavy (non-hydrogen) atoms. The number of hydrogen-bond acceptors (Lipinski definition) is 4. The number of nitrogens with zero attached hydrogens (tertiary/aromatic N) is 3. The summed E-state index contributed by atoms with van der Waals surface area (Å²) in [6.07, 6.45) is 3.36. The lowest BCUT2D eigenvalue weighted by Gasteiger charge is -2.22. The van der Waals surface area contributed by atoms with E-state index in [1.807, 2.05) is 21.6 Å². The minimum atomic E-state index is -0.236. The Morgan fingerprint density at radius 1 is 1.42 bits per heavy atom. The van der Waals surface area contributed by atoms with E-state index in [0.29, 0.717) is 23.6 Å². The summed E-state index contributed by atoms with van der Waals surface area (Å²) in [6, 6.07) is 5.27. The van der Waals surface area contributed by atoms with Crippen LogP contribution in [0.1, 0.15) is 45.4 Å². The van der Waals surface area contributed by atoms with Crippen molar-refractivity contribution in [3.05, 3.63) is 41.5 Å². The van der Waals surface area contributed by atoms with Crippen molar-refractivity contribution in [2.24, 2.45) is 0 Å². The summed E-state index contributed by atoms with van der Waals surface area (Å²) in [4.78, 5) is 31.4. The third-order valence-electron chi connectivity index (χ3n) is 4.77. The van der Waals surface area contributed by atoms with Crippen molar-refractivity contribution in [2.75, 3.05) is 20.7 Å². The number of fused-ring (bicyclic) bond motifs is 5. The number of hydrogen-bond donors (Lipinski definition) is 1. The van der Waals surface area contributed by atoms with E-state index in [1.165, 1.54) is 0 Å². The quantitative estimate of drug-likeness (QED) is 0.908. The molecule has 2 aliphatic rings. The highest BCUT2D eigenvalue weighted by atomic mass is 16.5. The van der Waals surface area contributed by atoms with Crippen molar-refractivity contribution in [1.29, 1.82) is 0 Å². The fourth-order valence-corrected chi connectivity index (χ4v) is 3.63. The first-order valence-electron chi connectivity index (χ1n) is 7.94. The molecule has 0 aliphatic carbocycles. The van der Waals surface area contributed by atoms with E-state index in [9.17, 15) is 9.59 Å². The van der Waals surface area contributed by atoms with E-state index in [4.69, 9.17) is 4.74 Å². The molecule has 2 amide bonds. The second-order valence-corrected chi connectivity index (χ2v) is 5.97. The highest BCUT2D eigenvalue weighted by molar-refractivity contribution is 6.00. The van der Waals surface area contributed by atoms with Gasteiger partial charge in [-0.15, -0.1) is 0 Å². The molecule has 1 aromatic carbocycles. The molecule has 124 valence electrons. The Balaban J connectivity index is 1.99. The number of nitrogens with one attached hydrogen (secondary N) is 1. The van der Waals surface area contributed by atoms with Crippen LogP contribution in [0.25, 0.3) is 5.69 Å². The summed E-state index contributed by atoms with van der Waals surface area (Å²) in [6.45, 7) is 0.679. The number of rotatable bonds is 2. The van der Waals surface area contributed by atoms with E-state index < -0.39 is 0 Å². The largest absolute Gasteiger partial charge is 0.497 e. The third kappa shape index (κ3) is 1.94. The van der Waals surface area contributed by atoms with Crippen molar-refractivity contribution in [3.63, 3.8) is 0 Å². The van der Waals surface area contributed by atoms with Gasteiger partial charge in [-0.05, 0) is 31.0 Å². The van der Waals surface area contributed by atoms with Crippen LogP contribution < -0.4 is 10.1 Å². The zero-order valence-corrected chi connectivity index (χ0v) is 13.6. The Hall–Kier alpha value is -2.83. The first-order chi connectivity index (χ1) is 11.7. The fraction of sp³-hybridized carbons (Fsp3) is 0.353. The lowest BCUT2D eigenvalue weighted by molar-refractivity contribution is 0.0735. The van der Waals surface area contributed by atoms with Gasteiger partial charge in [0.05, 0.1) is 30.1 Å². The maximum Gasteiger partial charge on any atom is 0.271 e. The predicted octanol–water partition coefficient (Wildman–Crippen LogP) is 1.53. The zero-order valence-electron chi connectivity index (χ0n) is 13.6. The van der Waals surface area contributed by atoms with Crippen LogP contribution in [0.2, 0.25) is 0 Å². The van der Waals surface area contributed by atoms with Gasteiger partial charge in [0.15, 0.2) is 5.69 Å². The summed E-state index contributed by atoms with van der Waals surface area (Å²) < 4.78 is 7.14. The molecule has 1 atom stereocenters. The number of benzene rings is 1. The van der Waals surface area contributed by atoms with Crippen LogP contribution in [-0.2, 0) is 0 Å². The zero-order chi connectivity index (χ0) is 16.8. The average molecular weight is 326 g/mol. The molecule has 0 bridgehead atoms. The van der Waals surface area contributed by atoms with Gasteiger partial charge < -0.3 is 15.0 Å². The van der Waals surface area contributed by atoms with Crippen LogP contribution in [-0.4, -0.2) is 47.0 Å². The van der Waals surface area contributed by atoms with Gasteiger partial charge in [-0.3, -0.25) is 14.2 Å². The van der Waals surface area contributed by atoms with Crippen LogP contribution in [0, 0.1) is 0 Å². The molecular weight excluding hydrogens is 308 g/mol. The number of ether oxygens (including phenoxy) is 1. The first kappa shape index (κ1) is 14.7. The van der Waals surface area contributed by atoms with Crippen LogP contribution >= 0.6 is 0 Å². The molecular formula is C17H18N4O3. The summed E-state index contributed by atoms with van der Waals surface area (Å²) in [5.41, 5.74) is 2.46. The number of carbonyl (C=O) groups is 2. The molecule has 3 heterocycles. The number of imidazole rings is 1. The molecule has 2 aliphatic heterocycles. The van der Waals surface area contributed by atoms with Crippen LogP contribution in [0.15, 0.2) is 24.5 Å². The van der Waals surface area contributed by atoms with E-state index in [-0.39, 0.29) is 17.9 Å². The Bertz CT molecular complexity index is 842.